The van der Waals surface area contributed by atoms with Crippen molar-refractivity contribution in [1.29, 1.82) is 0 Å². The van der Waals surface area contributed by atoms with Crippen molar-refractivity contribution in [3.63, 3.8) is 0 Å². The highest BCUT2D eigenvalue weighted by molar-refractivity contribution is 6.01. The Morgan fingerprint density at radius 1 is 1.31 bits per heavy atom. The molecule has 6 heteroatoms. The van der Waals surface area contributed by atoms with Crippen molar-refractivity contribution in [2.24, 2.45) is 0 Å². The van der Waals surface area contributed by atoms with E-state index < -0.39 is 23.6 Å². The molecule has 1 aliphatic heterocycles. The number of imide groups is 1. The molecule has 83 valence electrons. The fourth-order valence-electron chi connectivity index (χ4n) is 1.42. The number of urea groups is 1. The molecule has 4 nitrogen and oxygen atoms in total. The van der Waals surface area contributed by atoms with Crippen LogP contribution in [0.4, 0.5) is 13.6 Å². The Labute approximate surface area is 89.8 Å². The average molecular weight is 225 g/mol. The highest BCUT2D eigenvalue weighted by Gasteiger charge is 2.29. The van der Waals surface area contributed by atoms with Gasteiger partial charge in [-0.3, -0.25) is 4.79 Å². The number of hydrogen-bond donors (Lipinski definition) is 0. The molecule has 0 N–H and O–H groups in total. The first kappa shape index (κ1) is 10.5. The van der Waals surface area contributed by atoms with Gasteiger partial charge in [-0.15, -0.1) is 0 Å². The quantitative estimate of drug-likeness (QED) is 0.706. The Balaban J connectivity index is 2.15. The number of rotatable bonds is 2. The van der Waals surface area contributed by atoms with E-state index in [2.05, 4.69) is 5.32 Å². The summed E-state index contributed by atoms with van der Waals surface area (Å²) in [4.78, 5) is 23.0. The van der Waals surface area contributed by atoms with Crippen LogP contribution in [0.15, 0.2) is 18.2 Å². The first-order chi connectivity index (χ1) is 7.56. The summed E-state index contributed by atoms with van der Waals surface area (Å²) in [6.07, 6.45) is 0. The van der Waals surface area contributed by atoms with E-state index in [1.54, 1.807) is 0 Å². The number of carbonyl (C=O) groups excluding carboxylic acids is 2. The molecule has 0 atom stereocenters. The third-order valence-corrected chi connectivity index (χ3v) is 2.19. The molecule has 1 radical (unpaired) electrons. The molecule has 0 unspecified atom stereocenters. The summed E-state index contributed by atoms with van der Waals surface area (Å²) in [7, 11) is 0. The van der Waals surface area contributed by atoms with Gasteiger partial charge in [-0.1, -0.05) is 6.07 Å². The van der Waals surface area contributed by atoms with E-state index in [0.29, 0.717) is 0 Å². The van der Waals surface area contributed by atoms with Gasteiger partial charge in [0.15, 0.2) is 0 Å². The summed E-state index contributed by atoms with van der Waals surface area (Å²) in [5.74, 6) is -1.98. The third kappa shape index (κ3) is 2.00. The maximum atomic E-state index is 13.2. The minimum atomic E-state index is -0.743. The van der Waals surface area contributed by atoms with Gasteiger partial charge in [0.25, 0.3) is 5.91 Å². The van der Waals surface area contributed by atoms with E-state index in [1.165, 1.54) is 6.07 Å². The number of carbonyl (C=O) groups is 2. The van der Waals surface area contributed by atoms with Crippen LogP contribution in [0.25, 0.3) is 0 Å². The fourth-order valence-corrected chi connectivity index (χ4v) is 1.42. The molecule has 1 aromatic rings. The molecule has 1 aliphatic rings. The predicted molar refractivity (Wildman–Crippen MR) is 49.3 cm³/mol. The van der Waals surface area contributed by atoms with Crippen LogP contribution in [0.5, 0.6) is 0 Å². The van der Waals surface area contributed by atoms with Crippen LogP contribution in [0.2, 0.25) is 0 Å². The summed E-state index contributed by atoms with van der Waals surface area (Å²) >= 11 is 0. The van der Waals surface area contributed by atoms with Crippen molar-refractivity contribution in [3.05, 3.63) is 35.4 Å². The molecule has 0 aliphatic carbocycles. The minimum Gasteiger partial charge on any atom is -0.309 e. The van der Waals surface area contributed by atoms with Crippen LogP contribution in [0.1, 0.15) is 5.56 Å². The lowest BCUT2D eigenvalue weighted by Crippen LogP contribution is -2.25. The maximum Gasteiger partial charge on any atom is 0.347 e. The lowest BCUT2D eigenvalue weighted by atomic mass is 10.2. The summed E-state index contributed by atoms with van der Waals surface area (Å²) in [5, 5.41) is 3.17. The number of amides is 3. The Morgan fingerprint density at radius 3 is 2.62 bits per heavy atom. The van der Waals surface area contributed by atoms with Crippen LogP contribution >= 0.6 is 0 Å². The molecule has 1 heterocycles. The molecule has 1 aromatic carbocycles. The first-order valence-electron chi connectivity index (χ1n) is 4.53. The summed E-state index contributed by atoms with van der Waals surface area (Å²) < 4.78 is 25.8. The Kier molecular flexibility index (Phi) is 2.55. The lowest BCUT2D eigenvalue weighted by molar-refractivity contribution is -0.118. The normalized spacial score (nSPS) is 15.5. The predicted octanol–water partition coefficient (Wildman–Crippen LogP) is 1.03. The van der Waals surface area contributed by atoms with Crippen LogP contribution in [-0.4, -0.2) is 23.4 Å². The number of nitrogens with zero attached hydrogens (tertiary/aromatic N) is 2. The number of hydrogen-bond acceptors (Lipinski definition) is 2. The smallest absolute Gasteiger partial charge is 0.309 e. The van der Waals surface area contributed by atoms with Crippen LogP contribution < -0.4 is 5.32 Å². The molecular formula is C10H7F2N2O2. The summed E-state index contributed by atoms with van der Waals surface area (Å²) in [6.45, 7) is -0.240. The van der Waals surface area contributed by atoms with Crippen molar-refractivity contribution >= 4 is 11.9 Å². The first-order valence-corrected chi connectivity index (χ1v) is 4.53. The molecule has 1 fully saturated rings. The third-order valence-electron chi connectivity index (χ3n) is 2.19. The topological polar surface area (TPSA) is 51.5 Å². The monoisotopic (exact) mass is 225 g/mol. The standard InChI is InChI=1S/C10H7F2N2O2/c11-7-2-1-6(8(12)3-7)4-14-5-9(15)13-10(14)16/h1-3H,4-5H2. The Morgan fingerprint density at radius 2 is 2.06 bits per heavy atom. The van der Waals surface area contributed by atoms with Crippen molar-refractivity contribution in [2.45, 2.75) is 6.54 Å². The second kappa shape index (κ2) is 3.88. The molecule has 0 aromatic heterocycles. The van der Waals surface area contributed by atoms with Gasteiger partial charge in [0.05, 0.1) is 6.54 Å². The van der Waals surface area contributed by atoms with Crippen LogP contribution in [0, 0.1) is 11.6 Å². The second-order valence-electron chi connectivity index (χ2n) is 3.38. The van der Waals surface area contributed by atoms with E-state index in [4.69, 9.17) is 0 Å². The summed E-state index contributed by atoms with van der Waals surface area (Å²) in [6, 6.07) is 2.38. The molecular weight excluding hydrogens is 218 g/mol. The van der Waals surface area contributed by atoms with Gasteiger partial charge in [-0.05, 0) is 6.07 Å². The van der Waals surface area contributed by atoms with E-state index >= 15 is 0 Å². The SMILES string of the molecule is O=C1CN(Cc2ccc(F)cc2F)C(=O)[N]1. The molecule has 0 saturated carbocycles. The van der Waals surface area contributed by atoms with Crippen molar-refractivity contribution in [3.8, 4) is 0 Å². The van der Waals surface area contributed by atoms with Gasteiger partial charge in [-0.2, -0.15) is 5.32 Å². The van der Waals surface area contributed by atoms with E-state index in [9.17, 15) is 18.4 Å². The average Bonchev–Trinajstić information content (AvgIpc) is 2.50. The Hall–Kier alpha value is -1.98. The molecule has 3 amide bonds. The van der Waals surface area contributed by atoms with Crippen LogP contribution in [-0.2, 0) is 11.3 Å². The zero-order chi connectivity index (χ0) is 11.7. The molecule has 16 heavy (non-hydrogen) atoms. The highest BCUT2D eigenvalue weighted by atomic mass is 19.1. The number of benzene rings is 1. The van der Waals surface area contributed by atoms with Gasteiger partial charge in [0.2, 0.25) is 0 Å². The van der Waals surface area contributed by atoms with Crippen molar-refractivity contribution < 1.29 is 18.4 Å². The highest BCUT2D eigenvalue weighted by Crippen LogP contribution is 2.13. The minimum absolute atomic E-state index is 0.0831. The second-order valence-corrected chi connectivity index (χ2v) is 3.38. The van der Waals surface area contributed by atoms with E-state index in [-0.39, 0.29) is 18.7 Å². The van der Waals surface area contributed by atoms with Crippen LogP contribution in [0.3, 0.4) is 0 Å². The van der Waals surface area contributed by atoms with E-state index in [0.717, 1.165) is 17.0 Å². The molecule has 0 bridgehead atoms. The molecule has 1 saturated heterocycles. The molecule has 2 rings (SSSR count). The molecule has 0 spiro atoms. The van der Waals surface area contributed by atoms with Gasteiger partial charge in [-0.25, -0.2) is 13.6 Å². The zero-order valence-electron chi connectivity index (χ0n) is 8.11. The largest absolute Gasteiger partial charge is 0.347 e. The zero-order valence-corrected chi connectivity index (χ0v) is 8.11. The van der Waals surface area contributed by atoms with Gasteiger partial charge < -0.3 is 4.90 Å². The van der Waals surface area contributed by atoms with Crippen molar-refractivity contribution in [2.75, 3.05) is 6.54 Å². The van der Waals surface area contributed by atoms with Crippen molar-refractivity contribution in [1.82, 2.24) is 10.2 Å². The maximum absolute atomic E-state index is 13.2. The Bertz CT molecular complexity index is 462. The lowest BCUT2D eigenvalue weighted by Gasteiger charge is -2.12. The van der Waals surface area contributed by atoms with Gasteiger partial charge in [0.1, 0.15) is 18.2 Å². The van der Waals surface area contributed by atoms with Gasteiger partial charge in [0, 0.05) is 11.6 Å². The van der Waals surface area contributed by atoms with E-state index in [1.807, 2.05) is 0 Å². The fraction of sp³-hybridized carbons (Fsp3) is 0.200. The number of halogens is 2. The van der Waals surface area contributed by atoms with Gasteiger partial charge >= 0.3 is 6.03 Å². The summed E-state index contributed by atoms with van der Waals surface area (Å²) in [5.41, 5.74) is 0.152.